The van der Waals surface area contributed by atoms with Gasteiger partial charge in [0.1, 0.15) is 24.0 Å². The van der Waals surface area contributed by atoms with Gasteiger partial charge in [-0.15, -0.1) is 0 Å². The van der Waals surface area contributed by atoms with E-state index < -0.39 is 24.0 Å². The Kier molecular flexibility index (Phi) is 5.59. The normalized spacial score (nSPS) is 19.4. The maximum absolute atomic E-state index is 12.8. The third-order valence-corrected chi connectivity index (χ3v) is 4.15. The fourth-order valence-corrected chi connectivity index (χ4v) is 3.01. The lowest BCUT2D eigenvalue weighted by Crippen LogP contribution is -2.44. The molecule has 1 N–H and O–H groups in total. The molecule has 1 aromatic carbocycles. The molecule has 2 amide bonds. The number of carbonyl (C=O) groups excluding carboxylic acids is 2. The number of amides is 2. The first kappa shape index (κ1) is 18.7. The van der Waals surface area contributed by atoms with Crippen LogP contribution in [0.1, 0.15) is 38.1 Å². The van der Waals surface area contributed by atoms with E-state index in [2.05, 4.69) is 10.3 Å². The predicted octanol–water partition coefficient (Wildman–Crippen LogP) is 3.65. The van der Waals surface area contributed by atoms with E-state index in [-0.39, 0.29) is 12.7 Å². The van der Waals surface area contributed by atoms with Crippen molar-refractivity contribution in [3.63, 3.8) is 0 Å². The summed E-state index contributed by atoms with van der Waals surface area (Å²) in [7, 11) is 0. The van der Waals surface area contributed by atoms with Crippen molar-refractivity contribution in [3.8, 4) is 5.75 Å². The lowest BCUT2D eigenvalue weighted by molar-refractivity contribution is -0.148. The number of ether oxygens (including phenoxy) is 2. The van der Waals surface area contributed by atoms with Crippen LogP contribution in [0.4, 0.5) is 4.79 Å². The number of hydrogen-bond acceptors (Lipinski definition) is 5. The van der Waals surface area contributed by atoms with Gasteiger partial charge in [0.05, 0.1) is 18.4 Å². The second-order valence-corrected chi connectivity index (χ2v) is 6.55. The van der Waals surface area contributed by atoms with E-state index in [9.17, 15) is 9.59 Å². The van der Waals surface area contributed by atoms with Crippen LogP contribution in [0.25, 0.3) is 0 Å². The van der Waals surface area contributed by atoms with Gasteiger partial charge in [-0.25, -0.2) is 9.79 Å². The number of urea groups is 1. The number of hydrogen-bond donors (Lipinski definition) is 1. The first-order chi connectivity index (χ1) is 13.0. The summed E-state index contributed by atoms with van der Waals surface area (Å²) in [5.41, 5.74) is 1.10. The number of aliphatic imine (C=N–C) groups is 1. The van der Waals surface area contributed by atoms with Crippen LogP contribution < -0.4 is 10.1 Å². The number of rotatable bonds is 6. The highest BCUT2D eigenvalue weighted by Crippen LogP contribution is 2.34. The van der Waals surface area contributed by atoms with Crippen LogP contribution in [0.15, 0.2) is 52.1 Å². The van der Waals surface area contributed by atoms with Crippen molar-refractivity contribution < 1.29 is 23.5 Å². The van der Waals surface area contributed by atoms with Crippen molar-refractivity contribution in [2.45, 2.75) is 39.5 Å². The molecule has 1 aliphatic heterocycles. The Labute approximate surface area is 157 Å². The largest absolute Gasteiger partial charge is 0.491 e. The maximum atomic E-state index is 12.8. The Hall–Kier alpha value is -3.09. The van der Waals surface area contributed by atoms with Gasteiger partial charge in [-0.3, -0.25) is 4.79 Å². The van der Waals surface area contributed by atoms with Gasteiger partial charge < -0.3 is 19.2 Å². The summed E-state index contributed by atoms with van der Waals surface area (Å²) in [4.78, 5) is 28.7. The lowest BCUT2D eigenvalue weighted by atomic mass is 9.88. The minimum absolute atomic E-state index is 0.0143. The Bertz CT molecular complexity index is 842. The molecule has 7 nitrogen and oxygen atoms in total. The molecule has 3 rings (SSSR count). The van der Waals surface area contributed by atoms with E-state index in [4.69, 9.17) is 13.9 Å². The summed E-state index contributed by atoms with van der Waals surface area (Å²) in [6.45, 7) is 5.49. The van der Waals surface area contributed by atoms with Crippen molar-refractivity contribution in [1.29, 1.82) is 0 Å². The Morgan fingerprint density at radius 1 is 1.26 bits per heavy atom. The van der Waals surface area contributed by atoms with Crippen LogP contribution in [0.3, 0.4) is 0 Å². The molecule has 2 atom stereocenters. The van der Waals surface area contributed by atoms with Crippen molar-refractivity contribution in [2.75, 3.05) is 0 Å². The molecular weight excluding hydrogens is 348 g/mol. The molecule has 0 fully saturated rings. The number of furan rings is 1. The van der Waals surface area contributed by atoms with Gasteiger partial charge in [-0.2, -0.15) is 0 Å². The molecule has 0 bridgehead atoms. The second-order valence-electron chi connectivity index (χ2n) is 6.55. The third kappa shape index (κ3) is 4.36. The molecule has 2 unspecified atom stereocenters. The number of nitrogens with zero attached hydrogens (tertiary/aromatic N) is 1. The van der Waals surface area contributed by atoms with Gasteiger partial charge in [-0.05, 0) is 39.0 Å². The van der Waals surface area contributed by atoms with E-state index in [1.165, 1.54) is 6.26 Å². The number of carbonyl (C=O) groups is 2. The van der Waals surface area contributed by atoms with E-state index in [1.807, 2.05) is 38.1 Å². The molecule has 0 aliphatic carbocycles. The standard InChI is InChI=1S/C20H22N2O5/c1-12(2)27-16-9-5-4-8-15(16)18-17(13(3)21-20(24)22-18)19(23)26-11-14-7-6-10-25-14/h4-10,12,17-18H,11H2,1-3H3,(H,22,24). The van der Waals surface area contributed by atoms with Gasteiger partial charge in [0.2, 0.25) is 0 Å². The third-order valence-electron chi connectivity index (χ3n) is 4.15. The molecule has 1 aliphatic rings. The number of nitrogens with one attached hydrogen (secondary N) is 1. The molecule has 0 saturated carbocycles. The van der Waals surface area contributed by atoms with E-state index in [0.29, 0.717) is 22.8 Å². The van der Waals surface area contributed by atoms with Crippen molar-refractivity contribution in [1.82, 2.24) is 5.32 Å². The zero-order chi connectivity index (χ0) is 19.4. The number of esters is 1. The van der Waals surface area contributed by atoms with Gasteiger partial charge in [-0.1, -0.05) is 18.2 Å². The Morgan fingerprint density at radius 2 is 2.04 bits per heavy atom. The van der Waals surface area contributed by atoms with Crippen molar-refractivity contribution >= 4 is 17.7 Å². The molecule has 0 radical (unpaired) electrons. The topological polar surface area (TPSA) is 90.1 Å². The SMILES string of the molecule is CC1=NC(=O)NC(c2ccccc2OC(C)C)C1C(=O)OCc1ccco1. The zero-order valence-electron chi connectivity index (χ0n) is 15.5. The average Bonchev–Trinajstić information content (AvgIpc) is 3.12. The van der Waals surface area contributed by atoms with Gasteiger partial charge in [0.25, 0.3) is 0 Å². The lowest BCUT2D eigenvalue weighted by Gasteiger charge is -2.31. The summed E-state index contributed by atoms with van der Waals surface area (Å²) in [6, 6.07) is 9.64. The van der Waals surface area contributed by atoms with Crippen LogP contribution in [0, 0.1) is 5.92 Å². The molecule has 2 aromatic rings. The monoisotopic (exact) mass is 370 g/mol. The fourth-order valence-electron chi connectivity index (χ4n) is 3.01. The molecule has 1 aromatic heterocycles. The van der Waals surface area contributed by atoms with E-state index in [0.717, 1.165) is 0 Å². The molecule has 0 spiro atoms. The van der Waals surface area contributed by atoms with E-state index >= 15 is 0 Å². The van der Waals surface area contributed by atoms with Crippen LogP contribution in [-0.2, 0) is 16.1 Å². The van der Waals surface area contributed by atoms with Crippen LogP contribution in [-0.4, -0.2) is 23.8 Å². The summed E-state index contributed by atoms with van der Waals surface area (Å²) >= 11 is 0. The molecular formula is C20H22N2O5. The summed E-state index contributed by atoms with van der Waals surface area (Å²) in [5.74, 6) is -0.0965. The number of benzene rings is 1. The highest BCUT2D eigenvalue weighted by molar-refractivity contribution is 6.08. The smallest absolute Gasteiger partial charge is 0.341 e. The summed E-state index contributed by atoms with van der Waals surface area (Å²) < 4.78 is 16.4. The molecule has 0 saturated heterocycles. The van der Waals surface area contributed by atoms with Crippen LogP contribution in [0.2, 0.25) is 0 Å². The Morgan fingerprint density at radius 3 is 2.74 bits per heavy atom. The minimum Gasteiger partial charge on any atom is -0.491 e. The quantitative estimate of drug-likeness (QED) is 0.784. The van der Waals surface area contributed by atoms with E-state index in [1.54, 1.807) is 19.1 Å². The fraction of sp³-hybridized carbons (Fsp3) is 0.350. The first-order valence-electron chi connectivity index (χ1n) is 8.76. The minimum atomic E-state index is -0.755. The summed E-state index contributed by atoms with van der Waals surface area (Å²) in [5, 5.41) is 2.77. The number of para-hydroxylation sites is 1. The van der Waals surface area contributed by atoms with Crippen molar-refractivity contribution in [2.24, 2.45) is 10.9 Å². The van der Waals surface area contributed by atoms with Gasteiger partial charge in [0, 0.05) is 11.3 Å². The van der Waals surface area contributed by atoms with Crippen LogP contribution in [0.5, 0.6) is 5.75 Å². The molecule has 7 heteroatoms. The predicted molar refractivity (Wildman–Crippen MR) is 98.6 cm³/mol. The molecule has 2 heterocycles. The highest BCUT2D eigenvalue weighted by atomic mass is 16.5. The first-order valence-corrected chi connectivity index (χ1v) is 8.76. The summed E-state index contributed by atoms with van der Waals surface area (Å²) in [6.07, 6.45) is 1.46. The van der Waals surface area contributed by atoms with Gasteiger partial charge >= 0.3 is 12.0 Å². The van der Waals surface area contributed by atoms with Crippen LogP contribution >= 0.6 is 0 Å². The van der Waals surface area contributed by atoms with Gasteiger partial charge in [0.15, 0.2) is 0 Å². The van der Waals surface area contributed by atoms with Crippen molar-refractivity contribution in [3.05, 3.63) is 54.0 Å². The second kappa shape index (κ2) is 8.07. The maximum Gasteiger partial charge on any atom is 0.341 e. The average molecular weight is 370 g/mol. The molecule has 27 heavy (non-hydrogen) atoms. The molecule has 142 valence electrons. The Balaban J connectivity index is 1.89. The highest BCUT2D eigenvalue weighted by Gasteiger charge is 2.39. The zero-order valence-corrected chi connectivity index (χ0v) is 15.5.